The minimum absolute atomic E-state index is 0.179. The normalized spacial score (nSPS) is 13.1. The summed E-state index contributed by atoms with van der Waals surface area (Å²) in [6.07, 6.45) is 2.24. The first-order valence-corrected chi connectivity index (χ1v) is 10.3. The molecule has 2 aromatic carbocycles. The number of carbonyl (C=O) groups excluding carboxylic acids is 2. The number of methoxy groups -OCH3 is 1. The van der Waals surface area contributed by atoms with E-state index in [2.05, 4.69) is 15.5 Å². The fourth-order valence-corrected chi connectivity index (χ4v) is 3.73. The van der Waals surface area contributed by atoms with Crippen LogP contribution in [0.4, 0.5) is 5.69 Å². The summed E-state index contributed by atoms with van der Waals surface area (Å²) in [7, 11) is 1.32. The maximum atomic E-state index is 12.4. The lowest BCUT2D eigenvalue weighted by Gasteiger charge is -2.10. The third-order valence-electron chi connectivity index (χ3n) is 4.52. The van der Waals surface area contributed by atoms with Crippen molar-refractivity contribution in [1.29, 1.82) is 0 Å². The number of carbonyl (C=O) groups is 2. The zero-order chi connectivity index (χ0) is 20.2. The Kier molecular flexibility index (Phi) is 5.62. The van der Waals surface area contributed by atoms with E-state index in [0.29, 0.717) is 22.3 Å². The number of rotatable bonds is 7. The Morgan fingerprint density at radius 2 is 1.93 bits per heavy atom. The average molecular weight is 408 g/mol. The number of hydrogen-bond acceptors (Lipinski definition) is 6. The quantitative estimate of drug-likeness (QED) is 0.474. The van der Waals surface area contributed by atoms with Crippen molar-refractivity contribution >= 4 is 29.3 Å². The Hall–Kier alpha value is -3.13. The van der Waals surface area contributed by atoms with Crippen LogP contribution in [-0.2, 0) is 9.53 Å². The van der Waals surface area contributed by atoms with Gasteiger partial charge in [0.15, 0.2) is 5.16 Å². The molecule has 1 N–H and O–H groups in total. The van der Waals surface area contributed by atoms with E-state index in [0.717, 1.165) is 24.4 Å². The zero-order valence-corrected chi connectivity index (χ0v) is 16.7. The molecular formula is C21H20N4O3S. The number of para-hydroxylation sites is 1. The van der Waals surface area contributed by atoms with E-state index in [1.807, 2.05) is 34.9 Å². The summed E-state index contributed by atoms with van der Waals surface area (Å²) in [5.41, 5.74) is 1.92. The minimum atomic E-state index is -0.445. The number of nitrogens with one attached hydrogen (secondary N) is 1. The second kappa shape index (κ2) is 8.48. The molecule has 7 nitrogen and oxygen atoms in total. The first kappa shape index (κ1) is 19.2. The van der Waals surface area contributed by atoms with Gasteiger partial charge in [0, 0.05) is 17.3 Å². The molecule has 0 radical (unpaired) electrons. The molecule has 8 heteroatoms. The first-order chi connectivity index (χ1) is 14.2. The highest BCUT2D eigenvalue weighted by Crippen LogP contribution is 2.41. The molecule has 0 unspecified atom stereocenters. The first-order valence-electron chi connectivity index (χ1n) is 9.27. The SMILES string of the molecule is COC(=O)c1cccc(NC(=O)CSc2nnc(C3CC3)n2-c2ccccc2)c1. The molecule has 1 fully saturated rings. The summed E-state index contributed by atoms with van der Waals surface area (Å²) < 4.78 is 6.74. The van der Waals surface area contributed by atoms with Crippen molar-refractivity contribution in [2.24, 2.45) is 0 Å². The van der Waals surface area contributed by atoms with Crippen molar-refractivity contribution in [2.45, 2.75) is 23.9 Å². The summed E-state index contributed by atoms with van der Waals surface area (Å²) in [5.74, 6) is 0.932. The summed E-state index contributed by atoms with van der Waals surface area (Å²) in [5, 5.41) is 12.2. The van der Waals surface area contributed by atoms with Gasteiger partial charge in [-0.1, -0.05) is 36.0 Å². The van der Waals surface area contributed by atoms with Crippen molar-refractivity contribution in [3.8, 4) is 5.69 Å². The van der Waals surface area contributed by atoms with Crippen LogP contribution in [-0.4, -0.2) is 39.5 Å². The molecule has 4 rings (SSSR count). The molecule has 1 aliphatic carbocycles. The molecule has 0 spiro atoms. The predicted molar refractivity (Wildman–Crippen MR) is 110 cm³/mol. The van der Waals surface area contributed by atoms with E-state index in [-0.39, 0.29) is 11.7 Å². The highest BCUT2D eigenvalue weighted by atomic mass is 32.2. The molecule has 0 atom stereocenters. The van der Waals surface area contributed by atoms with Gasteiger partial charge in [0.2, 0.25) is 5.91 Å². The van der Waals surface area contributed by atoms with Gasteiger partial charge in [-0.2, -0.15) is 0 Å². The molecule has 148 valence electrons. The topological polar surface area (TPSA) is 86.1 Å². The van der Waals surface area contributed by atoms with Crippen LogP contribution >= 0.6 is 11.8 Å². The van der Waals surface area contributed by atoms with E-state index >= 15 is 0 Å². The maximum Gasteiger partial charge on any atom is 0.337 e. The van der Waals surface area contributed by atoms with Crippen LogP contribution in [0.5, 0.6) is 0 Å². The van der Waals surface area contributed by atoms with E-state index in [9.17, 15) is 9.59 Å². The number of hydrogen-bond donors (Lipinski definition) is 1. The number of thioether (sulfide) groups is 1. The highest BCUT2D eigenvalue weighted by molar-refractivity contribution is 7.99. The molecule has 1 heterocycles. The van der Waals surface area contributed by atoms with E-state index in [4.69, 9.17) is 4.74 Å². The molecule has 0 saturated heterocycles. The Labute approximate surface area is 172 Å². The molecule has 1 saturated carbocycles. The van der Waals surface area contributed by atoms with Crippen LogP contribution in [0.2, 0.25) is 0 Å². The summed E-state index contributed by atoms with van der Waals surface area (Å²) in [6.45, 7) is 0. The molecule has 1 aromatic heterocycles. The lowest BCUT2D eigenvalue weighted by Crippen LogP contribution is -2.15. The van der Waals surface area contributed by atoms with Crippen LogP contribution < -0.4 is 5.32 Å². The fourth-order valence-electron chi connectivity index (χ4n) is 2.97. The van der Waals surface area contributed by atoms with Gasteiger partial charge in [0.05, 0.1) is 18.4 Å². The second-order valence-corrected chi connectivity index (χ2v) is 7.64. The number of anilines is 1. The van der Waals surface area contributed by atoms with Crippen LogP contribution in [0.1, 0.15) is 34.9 Å². The van der Waals surface area contributed by atoms with Gasteiger partial charge >= 0.3 is 5.97 Å². The second-order valence-electron chi connectivity index (χ2n) is 6.70. The number of nitrogens with zero attached hydrogens (tertiary/aromatic N) is 3. The Morgan fingerprint density at radius 1 is 1.14 bits per heavy atom. The lowest BCUT2D eigenvalue weighted by atomic mass is 10.2. The largest absolute Gasteiger partial charge is 0.465 e. The van der Waals surface area contributed by atoms with Gasteiger partial charge < -0.3 is 10.1 Å². The lowest BCUT2D eigenvalue weighted by molar-refractivity contribution is -0.113. The highest BCUT2D eigenvalue weighted by Gasteiger charge is 2.31. The van der Waals surface area contributed by atoms with E-state index in [1.165, 1.54) is 18.9 Å². The van der Waals surface area contributed by atoms with Gasteiger partial charge in [-0.25, -0.2) is 4.79 Å². The van der Waals surface area contributed by atoms with Crippen molar-refractivity contribution < 1.29 is 14.3 Å². The van der Waals surface area contributed by atoms with Crippen LogP contribution in [0.15, 0.2) is 59.8 Å². The molecule has 29 heavy (non-hydrogen) atoms. The fraction of sp³-hybridized carbons (Fsp3) is 0.238. The predicted octanol–water partition coefficient (Wildman–Crippen LogP) is 3.66. The Balaban J connectivity index is 1.46. The molecular weight excluding hydrogens is 388 g/mol. The van der Waals surface area contributed by atoms with Crippen LogP contribution in [0.3, 0.4) is 0 Å². The van der Waals surface area contributed by atoms with Crippen LogP contribution in [0.25, 0.3) is 5.69 Å². The smallest absolute Gasteiger partial charge is 0.337 e. The number of amides is 1. The number of benzene rings is 2. The number of ether oxygens (including phenoxy) is 1. The summed E-state index contributed by atoms with van der Waals surface area (Å²) in [6, 6.07) is 16.6. The number of aromatic nitrogens is 3. The zero-order valence-electron chi connectivity index (χ0n) is 15.9. The monoisotopic (exact) mass is 408 g/mol. The van der Waals surface area contributed by atoms with Crippen molar-refractivity contribution in [3.05, 3.63) is 66.0 Å². The standard InChI is InChI=1S/C21H20N4O3S/c1-28-20(27)15-6-5-7-16(12-15)22-18(26)13-29-21-24-23-19(14-10-11-14)25(21)17-8-3-2-4-9-17/h2-9,12,14H,10-11,13H2,1H3,(H,22,26). The van der Waals surface area contributed by atoms with Gasteiger partial charge in [-0.05, 0) is 43.2 Å². The van der Waals surface area contributed by atoms with Gasteiger partial charge in [-0.3, -0.25) is 9.36 Å². The van der Waals surface area contributed by atoms with Crippen molar-refractivity contribution in [2.75, 3.05) is 18.2 Å². The van der Waals surface area contributed by atoms with Gasteiger partial charge in [0.1, 0.15) is 5.82 Å². The minimum Gasteiger partial charge on any atom is -0.465 e. The average Bonchev–Trinajstić information content (AvgIpc) is 3.51. The van der Waals surface area contributed by atoms with E-state index in [1.54, 1.807) is 24.3 Å². The molecule has 0 bridgehead atoms. The molecule has 1 amide bonds. The maximum absolute atomic E-state index is 12.4. The summed E-state index contributed by atoms with van der Waals surface area (Å²) >= 11 is 1.34. The molecule has 0 aliphatic heterocycles. The van der Waals surface area contributed by atoms with Gasteiger partial charge in [0.25, 0.3) is 0 Å². The van der Waals surface area contributed by atoms with Crippen molar-refractivity contribution in [3.63, 3.8) is 0 Å². The third kappa shape index (κ3) is 4.48. The Morgan fingerprint density at radius 3 is 2.66 bits per heavy atom. The Bertz CT molecular complexity index is 1030. The van der Waals surface area contributed by atoms with Gasteiger partial charge in [-0.15, -0.1) is 10.2 Å². The molecule has 3 aromatic rings. The third-order valence-corrected chi connectivity index (χ3v) is 5.44. The number of esters is 1. The summed E-state index contributed by atoms with van der Waals surface area (Å²) in [4.78, 5) is 24.1. The van der Waals surface area contributed by atoms with Crippen molar-refractivity contribution in [1.82, 2.24) is 14.8 Å². The molecule has 1 aliphatic rings. The van der Waals surface area contributed by atoms with E-state index < -0.39 is 5.97 Å². The van der Waals surface area contributed by atoms with Crippen LogP contribution in [0, 0.1) is 0 Å².